The SMILES string of the molecule is CC(C)C[C@H](NC(=O)COc1ccccc1)C(=O)NC(Cc1cccc2ccccc12)C(=O)CSCc1ccco1. The predicted molar refractivity (Wildman–Crippen MR) is 163 cm³/mol. The number of nitrogens with one attached hydrogen (secondary N) is 2. The zero-order chi connectivity index (χ0) is 29.0. The van der Waals surface area contributed by atoms with Crippen molar-refractivity contribution in [1.82, 2.24) is 10.6 Å². The highest BCUT2D eigenvalue weighted by molar-refractivity contribution is 7.99. The maximum Gasteiger partial charge on any atom is 0.258 e. The smallest absolute Gasteiger partial charge is 0.258 e. The molecule has 0 radical (unpaired) electrons. The third kappa shape index (κ3) is 9.25. The zero-order valence-corrected chi connectivity index (χ0v) is 24.2. The Morgan fingerprint density at radius 2 is 1.61 bits per heavy atom. The number of carbonyl (C=O) groups excluding carboxylic acids is 3. The first-order valence-corrected chi connectivity index (χ1v) is 14.9. The maximum absolute atomic E-state index is 13.6. The topological polar surface area (TPSA) is 97.6 Å². The van der Waals surface area contributed by atoms with Gasteiger partial charge in [0, 0.05) is 6.42 Å². The van der Waals surface area contributed by atoms with Gasteiger partial charge < -0.3 is 19.8 Å². The lowest BCUT2D eigenvalue weighted by molar-refractivity contribution is -0.132. The van der Waals surface area contributed by atoms with E-state index in [2.05, 4.69) is 10.6 Å². The van der Waals surface area contributed by atoms with E-state index in [1.165, 1.54) is 11.8 Å². The Bertz CT molecular complexity index is 1420. The number of furan rings is 1. The fourth-order valence-corrected chi connectivity index (χ4v) is 5.43. The molecule has 1 unspecified atom stereocenters. The van der Waals surface area contributed by atoms with Crippen molar-refractivity contribution in [3.8, 4) is 5.75 Å². The van der Waals surface area contributed by atoms with Crippen LogP contribution in [0.3, 0.4) is 0 Å². The van der Waals surface area contributed by atoms with Crippen molar-refractivity contribution in [2.45, 2.75) is 44.5 Å². The molecule has 2 amide bonds. The lowest BCUT2D eigenvalue weighted by Crippen LogP contribution is -2.53. The molecule has 1 heterocycles. The Kier molecular flexibility index (Phi) is 11.0. The van der Waals surface area contributed by atoms with Crippen molar-refractivity contribution in [2.24, 2.45) is 5.92 Å². The van der Waals surface area contributed by atoms with Gasteiger partial charge >= 0.3 is 0 Å². The highest BCUT2D eigenvalue weighted by Gasteiger charge is 2.28. The molecule has 0 fully saturated rings. The summed E-state index contributed by atoms with van der Waals surface area (Å²) in [6.45, 7) is 3.75. The summed E-state index contributed by atoms with van der Waals surface area (Å²) >= 11 is 1.44. The normalized spacial score (nSPS) is 12.6. The molecule has 7 nitrogen and oxygen atoms in total. The van der Waals surface area contributed by atoms with Crippen LogP contribution in [0.25, 0.3) is 10.8 Å². The van der Waals surface area contributed by atoms with E-state index in [9.17, 15) is 14.4 Å². The quantitative estimate of drug-likeness (QED) is 0.193. The van der Waals surface area contributed by atoms with Crippen molar-refractivity contribution in [1.29, 1.82) is 0 Å². The number of benzene rings is 3. The van der Waals surface area contributed by atoms with Crippen molar-refractivity contribution < 1.29 is 23.5 Å². The minimum absolute atomic E-state index is 0.0927. The molecule has 1 aromatic heterocycles. The lowest BCUT2D eigenvalue weighted by Gasteiger charge is -2.24. The number of thioether (sulfide) groups is 1. The molecule has 4 rings (SSSR count). The summed E-state index contributed by atoms with van der Waals surface area (Å²) in [6.07, 6.45) is 2.37. The first-order chi connectivity index (χ1) is 19.9. The Morgan fingerprint density at radius 3 is 2.37 bits per heavy atom. The van der Waals surface area contributed by atoms with Gasteiger partial charge in [0.05, 0.1) is 23.8 Å². The molecule has 0 aliphatic heterocycles. The van der Waals surface area contributed by atoms with Crippen LogP contribution in [0.5, 0.6) is 5.75 Å². The summed E-state index contributed by atoms with van der Waals surface area (Å²) in [5.74, 6) is 1.38. The first kappa shape index (κ1) is 29.9. The molecule has 4 aromatic rings. The van der Waals surface area contributed by atoms with E-state index in [0.29, 0.717) is 24.3 Å². The molecule has 0 aliphatic rings. The Morgan fingerprint density at radius 1 is 0.854 bits per heavy atom. The molecular weight excluding hydrogens is 536 g/mol. The van der Waals surface area contributed by atoms with Gasteiger partial charge in [-0.05, 0) is 52.9 Å². The number of ether oxygens (including phenoxy) is 1. The highest BCUT2D eigenvalue weighted by atomic mass is 32.2. The van der Waals surface area contributed by atoms with Crippen molar-refractivity contribution in [2.75, 3.05) is 12.4 Å². The van der Waals surface area contributed by atoms with Gasteiger partial charge in [-0.15, -0.1) is 11.8 Å². The van der Waals surface area contributed by atoms with Crippen LogP contribution in [0.4, 0.5) is 0 Å². The fraction of sp³-hybridized carbons (Fsp3) is 0.303. The van der Waals surface area contributed by atoms with E-state index in [-0.39, 0.29) is 30.0 Å². The number of carbonyl (C=O) groups is 3. The fourth-order valence-electron chi connectivity index (χ4n) is 4.56. The second-order valence-corrected chi connectivity index (χ2v) is 11.3. The average molecular weight is 573 g/mol. The number of ketones is 1. The number of hydrogen-bond donors (Lipinski definition) is 2. The summed E-state index contributed by atoms with van der Waals surface area (Å²) in [5.41, 5.74) is 0.971. The van der Waals surface area contributed by atoms with Crippen LogP contribution in [-0.2, 0) is 26.6 Å². The standard InChI is InChI=1S/C33H36N2O5S/c1-23(2)18-30(34-32(37)20-40-26-13-4-3-5-14-26)33(38)35-29(31(36)22-41-21-27-15-9-17-39-27)19-25-12-8-11-24-10-6-7-16-28(24)25/h3-17,23,29-30H,18-22H2,1-2H3,(H,34,37)(H,35,38)/t29?,30-/m0/s1. The van der Waals surface area contributed by atoms with Crippen molar-refractivity contribution in [3.63, 3.8) is 0 Å². The first-order valence-electron chi connectivity index (χ1n) is 13.8. The molecule has 214 valence electrons. The number of hydrogen-bond acceptors (Lipinski definition) is 6. The number of fused-ring (bicyclic) bond motifs is 1. The van der Waals surface area contributed by atoms with Crippen molar-refractivity contribution in [3.05, 3.63) is 103 Å². The van der Waals surface area contributed by atoms with E-state index in [0.717, 1.165) is 22.1 Å². The monoisotopic (exact) mass is 572 g/mol. The largest absolute Gasteiger partial charge is 0.484 e. The number of para-hydroxylation sites is 1. The molecule has 3 aromatic carbocycles. The van der Waals surface area contributed by atoms with Gasteiger partial charge in [0.15, 0.2) is 12.4 Å². The molecule has 0 bridgehead atoms. The van der Waals surface area contributed by atoms with Gasteiger partial charge in [0.25, 0.3) is 5.91 Å². The van der Waals surface area contributed by atoms with E-state index < -0.39 is 18.0 Å². The number of rotatable bonds is 15. The van der Waals surface area contributed by atoms with Crippen LogP contribution in [0.2, 0.25) is 0 Å². The molecular formula is C33H36N2O5S. The Balaban J connectivity index is 1.47. The average Bonchev–Trinajstić information content (AvgIpc) is 3.49. The van der Waals surface area contributed by atoms with E-state index in [1.54, 1.807) is 18.4 Å². The van der Waals surface area contributed by atoms with Crippen LogP contribution in [-0.4, -0.2) is 42.0 Å². The van der Waals surface area contributed by atoms with Crippen LogP contribution >= 0.6 is 11.8 Å². The zero-order valence-electron chi connectivity index (χ0n) is 23.4. The van der Waals surface area contributed by atoms with Gasteiger partial charge in [-0.3, -0.25) is 14.4 Å². The van der Waals surface area contributed by atoms with E-state index in [4.69, 9.17) is 9.15 Å². The molecule has 0 aliphatic carbocycles. The van der Waals surface area contributed by atoms with Gasteiger partial charge in [-0.2, -0.15) is 0 Å². The second-order valence-electron chi connectivity index (χ2n) is 10.3. The van der Waals surface area contributed by atoms with E-state index in [1.807, 2.05) is 86.6 Å². The number of Topliss-reactive ketones (excluding diaryl/α,β-unsaturated/α-hetero) is 1. The summed E-state index contributed by atoms with van der Waals surface area (Å²) in [6, 6.07) is 25.1. The van der Waals surface area contributed by atoms with E-state index >= 15 is 0 Å². The van der Waals surface area contributed by atoms with Crippen LogP contribution in [0, 0.1) is 5.92 Å². The molecule has 0 saturated carbocycles. The second kappa shape index (κ2) is 15.1. The third-order valence-electron chi connectivity index (χ3n) is 6.55. The Hall–Kier alpha value is -4.04. The van der Waals surface area contributed by atoms with Gasteiger partial charge in [0.1, 0.15) is 17.6 Å². The van der Waals surface area contributed by atoms with Gasteiger partial charge in [-0.1, -0.05) is 74.5 Å². The molecule has 2 N–H and O–H groups in total. The summed E-state index contributed by atoms with van der Waals surface area (Å²) in [4.78, 5) is 39.8. The maximum atomic E-state index is 13.6. The van der Waals surface area contributed by atoms with Gasteiger partial charge in [-0.25, -0.2) is 0 Å². The Labute approximate surface area is 245 Å². The summed E-state index contributed by atoms with van der Waals surface area (Å²) < 4.78 is 10.9. The van der Waals surface area contributed by atoms with Gasteiger partial charge in [0.2, 0.25) is 5.91 Å². The highest BCUT2D eigenvalue weighted by Crippen LogP contribution is 2.21. The van der Waals surface area contributed by atoms with Crippen LogP contribution in [0.1, 0.15) is 31.6 Å². The minimum Gasteiger partial charge on any atom is -0.484 e. The van der Waals surface area contributed by atoms with Crippen LogP contribution < -0.4 is 15.4 Å². The molecule has 41 heavy (non-hydrogen) atoms. The molecule has 0 spiro atoms. The van der Waals surface area contributed by atoms with Crippen LogP contribution in [0.15, 0.2) is 95.6 Å². The summed E-state index contributed by atoms with van der Waals surface area (Å²) in [5, 5.41) is 7.90. The third-order valence-corrected chi connectivity index (χ3v) is 7.53. The molecule has 8 heteroatoms. The minimum atomic E-state index is -0.805. The molecule has 0 saturated heterocycles. The predicted octanol–water partition coefficient (Wildman–Crippen LogP) is 5.57. The number of amides is 2. The van der Waals surface area contributed by atoms with Crippen molar-refractivity contribution >= 4 is 40.1 Å². The lowest BCUT2D eigenvalue weighted by atomic mass is 9.96. The summed E-state index contributed by atoms with van der Waals surface area (Å²) in [7, 11) is 0. The molecule has 2 atom stereocenters.